The number of fused-ring (bicyclic) bond motifs is 7. The third kappa shape index (κ3) is 4.00. The Hall–Kier alpha value is -1.91. The second-order valence-corrected chi connectivity index (χ2v) is 13.4. The normalized spacial score (nSPS) is 42.1. The highest BCUT2D eigenvalue weighted by molar-refractivity contribution is 6.01. The summed E-state index contributed by atoms with van der Waals surface area (Å²) in [6, 6.07) is 0. The molecular formula is C31H45NO4. The van der Waals surface area contributed by atoms with Gasteiger partial charge in [0.05, 0.1) is 0 Å². The fourth-order valence-corrected chi connectivity index (χ4v) is 9.58. The van der Waals surface area contributed by atoms with Gasteiger partial charge in [0.2, 0.25) is 5.91 Å². The summed E-state index contributed by atoms with van der Waals surface area (Å²) in [4.78, 5) is 36.4. The molecule has 0 aromatic carbocycles. The summed E-state index contributed by atoms with van der Waals surface area (Å²) in [6.07, 6.45) is 11.0. The average Bonchev–Trinajstić information content (AvgIpc) is 3.24. The van der Waals surface area contributed by atoms with E-state index in [1.54, 1.807) is 6.92 Å². The molecule has 3 fully saturated rings. The van der Waals surface area contributed by atoms with Crippen molar-refractivity contribution < 1.29 is 19.1 Å². The number of nitrogens with one attached hydrogen (secondary N) is 1. The highest BCUT2D eigenvalue weighted by Gasteiger charge is 2.63. The van der Waals surface area contributed by atoms with Crippen LogP contribution < -0.4 is 5.32 Å². The summed E-state index contributed by atoms with van der Waals surface area (Å²) in [7, 11) is 0. The number of rotatable bonds is 5. The van der Waals surface area contributed by atoms with Crippen molar-refractivity contribution in [3.05, 3.63) is 22.8 Å². The standard InChI is InChI=1S/C31H45NO4/c1-17(16-32-19(3)33)13-25-24-15-27-23-8-7-21-14-22(36-20(4)34)9-11-30(21,5)26(23)10-12-31(27,6)28(24)18(2)29(25)35/h7,17-18,22-23,26-28H,8-16H2,1-6H3,(H,32,33)/t17-,18-,22-,23+,26-,27-,28-,30-,31-/m0/s1. The summed E-state index contributed by atoms with van der Waals surface area (Å²) in [6.45, 7) is 13.0. The molecule has 9 atom stereocenters. The van der Waals surface area contributed by atoms with Crippen LogP contribution in [0, 0.1) is 46.3 Å². The molecule has 0 aliphatic heterocycles. The van der Waals surface area contributed by atoms with E-state index in [1.165, 1.54) is 30.9 Å². The third-order valence-corrected chi connectivity index (χ3v) is 11.2. The van der Waals surface area contributed by atoms with E-state index in [4.69, 9.17) is 4.74 Å². The Morgan fingerprint density at radius 1 is 1.14 bits per heavy atom. The van der Waals surface area contributed by atoms with Crippen molar-refractivity contribution in [2.24, 2.45) is 46.3 Å². The first-order valence-electron chi connectivity index (χ1n) is 14.3. The summed E-state index contributed by atoms with van der Waals surface area (Å²) in [5.41, 5.74) is 4.50. The minimum absolute atomic E-state index is 0.00552. The van der Waals surface area contributed by atoms with Crippen LogP contribution >= 0.6 is 0 Å². The number of esters is 1. The molecule has 36 heavy (non-hydrogen) atoms. The van der Waals surface area contributed by atoms with Crippen LogP contribution in [-0.4, -0.2) is 30.3 Å². The van der Waals surface area contributed by atoms with Gasteiger partial charge in [-0.1, -0.05) is 44.9 Å². The van der Waals surface area contributed by atoms with Crippen molar-refractivity contribution in [2.45, 2.75) is 99.0 Å². The van der Waals surface area contributed by atoms with Crippen LogP contribution in [-0.2, 0) is 19.1 Å². The zero-order valence-corrected chi connectivity index (χ0v) is 23.1. The molecule has 0 aromatic rings. The van der Waals surface area contributed by atoms with Gasteiger partial charge in [-0.05, 0) is 90.9 Å². The zero-order valence-electron chi connectivity index (χ0n) is 23.1. The number of ether oxygens (including phenoxy) is 1. The van der Waals surface area contributed by atoms with Crippen LogP contribution in [0.15, 0.2) is 22.8 Å². The monoisotopic (exact) mass is 495 g/mol. The lowest BCUT2D eigenvalue weighted by Crippen LogP contribution is -2.51. The van der Waals surface area contributed by atoms with Gasteiger partial charge in [-0.2, -0.15) is 0 Å². The molecule has 5 aliphatic carbocycles. The molecule has 1 amide bonds. The van der Waals surface area contributed by atoms with E-state index >= 15 is 0 Å². The second kappa shape index (κ2) is 9.13. The maximum Gasteiger partial charge on any atom is 0.302 e. The Balaban J connectivity index is 1.40. The fourth-order valence-electron chi connectivity index (χ4n) is 9.58. The Labute approximate surface area is 216 Å². The number of hydrogen-bond donors (Lipinski definition) is 1. The van der Waals surface area contributed by atoms with Crippen LogP contribution in [0.2, 0.25) is 0 Å². The Bertz CT molecular complexity index is 1030. The lowest BCUT2D eigenvalue weighted by molar-refractivity contribution is -0.148. The summed E-state index contributed by atoms with van der Waals surface area (Å²) in [5.74, 6) is 2.91. The molecule has 5 rings (SSSR count). The second-order valence-electron chi connectivity index (χ2n) is 13.4. The largest absolute Gasteiger partial charge is 0.462 e. The highest BCUT2D eigenvalue weighted by Crippen LogP contribution is 2.70. The smallest absolute Gasteiger partial charge is 0.302 e. The zero-order chi connectivity index (χ0) is 26.0. The van der Waals surface area contributed by atoms with Gasteiger partial charge in [0.1, 0.15) is 6.10 Å². The van der Waals surface area contributed by atoms with Crippen molar-refractivity contribution in [2.75, 3.05) is 6.54 Å². The van der Waals surface area contributed by atoms with Crippen molar-refractivity contribution >= 4 is 17.7 Å². The van der Waals surface area contributed by atoms with E-state index in [2.05, 4.69) is 39.1 Å². The lowest BCUT2D eigenvalue weighted by Gasteiger charge is -2.58. The average molecular weight is 496 g/mol. The van der Waals surface area contributed by atoms with Gasteiger partial charge in [0.15, 0.2) is 5.78 Å². The van der Waals surface area contributed by atoms with Crippen molar-refractivity contribution in [3.8, 4) is 0 Å². The third-order valence-electron chi connectivity index (χ3n) is 11.2. The molecule has 0 spiro atoms. The molecule has 5 nitrogen and oxygen atoms in total. The van der Waals surface area contributed by atoms with E-state index in [-0.39, 0.29) is 40.6 Å². The Kier molecular flexibility index (Phi) is 6.53. The summed E-state index contributed by atoms with van der Waals surface area (Å²) in [5, 5.41) is 2.94. The number of carbonyl (C=O) groups excluding carboxylic acids is 3. The first kappa shape index (κ1) is 25.7. The molecule has 0 bridgehead atoms. The lowest BCUT2D eigenvalue weighted by atomic mass is 9.47. The quantitative estimate of drug-likeness (QED) is 0.387. The summed E-state index contributed by atoms with van der Waals surface area (Å²) < 4.78 is 5.61. The molecule has 0 unspecified atom stereocenters. The number of amides is 1. The molecule has 1 N–H and O–H groups in total. The molecule has 0 aromatic heterocycles. The molecule has 198 valence electrons. The first-order chi connectivity index (χ1) is 17.0. The fraction of sp³-hybridized carbons (Fsp3) is 0.774. The molecule has 5 aliphatic rings. The molecule has 0 heterocycles. The van der Waals surface area contributed by atoms with Gasteiger partial charge in [0.25, 0.3) is 0 Å². The van der Waals surface area contributed by atoms with Gasteiger partial charge in [-0.25, -0.2) is 0 Å². The van der Waals surface area contributed by atoms with E-state index in [9.17, 15) is 14.4 Å². The first-order valence-corrected chi connectivity index (χ1v) is 14.3. The SMILES string of the molecule is CC(=O)NC[C@@H](C)CC1=C2C[C@H]3[C@@H]4CC=C5C[C@@H](OC(C)=O)CC[C@]5(C)[C@H]4CC[C@]3(C)[C@H]2[C@H](C)C1=O. The predicted molar refractivity (Wildman–Crippen MR) is 140 cm³/mol. The highest BCUT2D eigenvalue weighted by atomic mass is 16.5. The van der Waals surface area contributed by atoms with Gasteiger partial charge < -0.3 is 10.1 Å². The van der Waals surface area contributed by atoms with Crippen LogP contribution in [0.25, 0.3) is 0 Å². The molecule has 0 saturated heterocycles. The van der Waals surface area contributed by atoms with Gasteiger partial charge in [-0.3, -0.25) is 14.4 Å². The Morgan fingerprint density at radius 3 is 2.58 bits per heavy atom. The molecule has 3 saturated carbocycles. The predicted octanol–water partition coefficient (Wildman–Crippen LogP) is 5.78. The Morgan fingerprint density at radius 2 is 1.89 bits per heavy atom. The van der Waals surface area contributed by atoms with Crippen molar-refractivity contribution in [1.29, 1.82) is 0 Å². The molecule has 0 radical (unpaired) electrons. The van der Waals surface area contributed by atoms with Crippen LogP contribution in [0.5, 0.6) is 0 Å². The van der Waals surface area contributed by atoms with Crippen LogP contribution in [0.3, 0.4) is 0 Å². The van der Waals surface area contributed by atoms with E-state index < -0.39 is 0 Å². The van der Waals surface area contributed by atoms with Crippen molar-refractivity contribution in [1.82, 2.24) is 5.32 Å². The van der Waals surface area contributed by atoms with Crippen molar-refractivity contribution in [3.63, 3.8) is 0 Å². The topological polar surface area (TPSA) is 72.5 Å². The molecular weight excluding hydrogens is 450 g/mol. The number of allylic oxidation sites excluding steroid dienone is 3. The maximum absolute atomic E-state index is 13.4. The number of Topliss-reactive ketones (excluding diaryl/α,β-unsaturated/α-hetero) is 1. The minimum atomic E-state index is -0.164. The van der Waals surface area contributed by atoms with Gasteiger partial charge >= 0.3 is 5.97 Å². The van der Waals surface area contributed by atoms with E-state index in [0.29, 0.717) is 36.0 Å². The van der Waals surface area contributed by atoms with Crippen LogP contribution in [0.1, 0.15) is 92.9 Å². The van der Waals surface area contributed by atoms with E-state index in [0.717, 1.165) is 44.1 Å². The number of ketones is 1. The maximum atomic E-state index is 13.4. The van der Waals surface area contributed by atoms with Crippen LogP contribution in [0.4, 0.5) is 0 Å². The summed E-state index contributed by atoms with van der Waals surface area (Å²) >= 11 is 0. The number of hydrogen-bond acceptors (Lipinski definition) is 4. The van der Waals surface area contributed by atoms with E-state index in [1.807, 2.05) is 0 Å². The van der Waals surface area contributed by atoms with Gasteiger partial charge in [-0.15, -0.1) is 0 Å². The van der Waals surface area contributed by atoms with Gasteiger partial charge in [0, 0.05) is 32.7 Å². The molecule has 5 heteroatoms. The number of carbonyl (C=O) groups is 3. The minimum Gasteiger partial charge on any atom is -0.462 e.